The van der Waals surface area contributed by atoms with Crippen molar-refractivity contribution in [1.29, 1.82) is 0 Å². The maximum Gasteiger partial charge on any atom is 0.253 e. The molecule has 0 bridgehead atoms. The highest BCUT2D eigenvalue weighted by Crippen LogP contribution is 2.13. The number of nitrogens with one attached hydrogen (secondary N) is 1. The average molecular weight is 274 g/mol. The molecule has 106 valence electrons. The Balaban J connectivity index is 2.01. The molecule has 1 atom stereocenters. The molecule has 0 saturated heterocycles. The molecular weight excluding hydrogens is 256 g/mol. The van der Waals surface area contributed by atoms with E-state index >= 15 is 0 Å². The Hall–Kier alpha value is -2.05. The molecule has 0 aliphatic carbocycles. The van der Waals surface area contributed by atoms with Gasteiger partial charge in [0.2, 0.25) is 0 Å². The lowest BCUT2D eigenvalue weighted by Crippen LogP contribution is -2.33. The lowest BCUT2D eigenvalue weighted by molar-refractivity contribution is 0.0951. The van der Waals surface area contributed by atoms with Crippen molar-refractivity contribution in [2.75, 3.05) is 20.3 Å². The minimum Gasteiger partial charge on any atom is -0.383 e. The number of methoxy groups -OCH3 is 1. The van der Waals surface area contributed by atoms with Gasteiger partial charge in [0.15, 0.2) is 0 Å². The summed E-state index contributed by atoms with van der Waals surface area (Å²) in [6.07, 6.45) is 3.84. The van der Waals surface area contributed by atoms with Gasteiger partial charge in [-0.15, -0.1) is 0 Å². The first-order valence-corrected chi connectivity index (χ1v) is 6.45. The van der Waals surface area contributed by atoms with Gasteiger partial charge in [-0.05, 0) is 18.6 Å². The van der Waals surface area contributed by atoms with Crippen molar-refractivity contribution in [3.8, 4) is 0 Å². The molecule has 0 radical (unpaired) electrons. The van der Waals surface area contributed by atoms with Crippen LogP contribution in [0.25, 0.3) is 11.0 Å². The summed E-state index contributed by atoms with van der Waals surface area (Å²) in [5, 5.41) is 2.84. The number of benzene rings is 1. The molecular formula is C14H18N4O2. The van der Waals surface area contributed by atoms with Gasteiger partial charge in [-0.3, -0.25) is 14.8 Å². The normalized spacial score (nSPS) is 12.3. The summed E-state index contributed by atoms with van der Waals surface area (Å²) in [5.41, 5.74) is 7.64. The number of aromatic nitrogens is 2. The van der Waals surface area contributed by atoms with Crippen molar-refractivity contribution in [2.45, 2.75) is 12.5 Å². The van der Waals surface area contributed by atoms with E-state index in [2.05, 4.69) is 15.3 Å². The van der Waals surface area contributed by atoms with Gasteiger partial charge in [0, 0.05) is 32.1 Å². The van der Waals surface area contributed by atoms with Crippen LogP contribution < -0.4 is 11.1 Å². The second kappa shape index (κ2) is 6.93. The fourth-order valence-corrected chi connectivity index (χ4v) is 1.94. The SMILES string of the molecule is COCC(N)CCNC(=O)c1cccc2nccnc12. The average Bonchev–Trinajstić information content (AvgIpc) is 2.47. The standard InChI is InChI=1S/C14H18N4O2/c1-20-9-10(15)5-6-18-14(19)11-3-2-4-12-13(11)17-8-7-16-12/h2-4,7-8,10H,5-6,9,15H2,1H3,(H,18,19). The van der Waals surface area contributed by atoms with Crippen LogP contribution in [-0.2, 0) is 4.74 Å². The van der Waals surface area contributed by atoms with Gasteiger partial charge < -0.3 is 15.8 Å². The zero-order chi connectivity index (χ0) is 14.4. The number of nitrogens with zero attached hydrogens (tertiary/aromatic N) is 2. The molecule has 1 aromatic heterocycles. The molecule has 0 aliphatic heterocycles. The van der Waals surface area contributed by atoms with Crippen molar-refractivity contribution in [3.05, 3.63) is 36.2 Å². The summed E-state index contributed by atoms with van der Waals surface area (Å²) in [6.45, 7) is 0.982. The molecule has 2 aromatic rings. The van der Waals surface area contributed by atoms with Crippen molar-refractivity contribution in [3.63, 3.8) is 0 Å². The van der Waals surface area contributed by atoms with Gasteiger partial charge in [0.1, 0.15) is 5.52 Å². The Bertz CT molecular complexity index is 583. The number of para-hydroxylation sites is 1. The largest absolute Gasteiger partial charge is 0.383 e. The molecule has 1 heterocycles. The molecule has 1 unspecified atom stereocenters. The third-order valence-electron chi connectivity index (χ3n) is 2.92. The molecule has 0 saturated carbocycles. The van der Waals surface area contributed by atoms with Crippen LogP contribution >= 0.6 is 0 Å². The summed E-state index contributed by atoms with van der Waals surface area (Å²) < 4.78 is 4.95. The maximum atomic E-state index is 12.1. The van der Waals surface area contributed by atoms with E-state index in [1.54, 1.807) is 31.6 Å². The number of carbonyl (C=O) groups is 1. The highest BCUT2D eigenvalue weighted by molar-refractivity contribution is 6.04. The lowest BCUT2D eigenvalue weighted by atomic mass is 10.1. The molecule has 2 rings (SSSR count). The highest BCUT2D eigenvalue weighted by atomic mass is 16.5. The van der Waals surface area contributed by atoms with Crippen LogP contribution in [0, 0.1) is 0 Å². The molecule has 0 fully saturated rings. The van der Waals surface area contributed by atoms with Crippen LogP contribution in [0.2, 0.25) is 0 Å². The molecule has 0 aliphatic rings. The summed E-state index contributed by atoms with van der Waals surface area (Å²) >= 11 is 0. The second-order valence-electron chi connectivity index (χ2n) is 4.49. The number of hydrogen-bond donors (Lipinski definition) is 2. The minimum absolute atomic E-state index is 0.0763. The summed E-state index contributed by atoms with van der Waals surface area (Å²) in [4.78, 5) is 20.5. The Labute approximate surface area is 117 Å². The fraction of sp³-hybridized carbons (Fsp3) is 0.357. The van der Waals surface area contributed by atoms with Crippen LogP contribution in [0.1, 0.15) is 16.8 Å². The predicted molar refractivity (Wildman–Crippen MR) is 76.3 cm³/mol. The zero-order valence-corrected chi connectivity index (χ0v) is 11.4. The molecule has 1 amide bonds. The summed E-state index contributed by atoms with van der Waals surface area (Å²) in [7, 11) is 1.60. The van der Waals surface area contributed by atoms with Gasteiger partial charge in [-0.1, -0.05) is 6.07 Å². The first-order chi connectivity index (χ1) is 9.72. The first-order valence-electron chi connectivity index (χ1n) is 6.45. The molecule has 6 heteroatoms. The smallest absolute Gasteiger partial charge is 0.253 e. The molecule has 1 aromatic carbocycles. The molecule has 6 nitrogen and oxygen atoms in total. The summed E-state index contributed by atoms with van der Waals surface area (Å²) in [6, 6.07) is 5.28. The van der Waals surface area contributed by atoms with Gasteiger partial charge >= 0.3 is 0 Å². The van der Waals surface area contributed by atoms with Crippen LogP contribution in [0.4, 0.5) is 0 Å². The highest BCUT2D eigenvalue weighted by Gasteiger charge is 2.11. The van der Waals surface area contributed by atoms with E-state index in [-0.39, 0.29) is 11.9 Å². The Morgan fingerprint density at radius 2 is 2.20 bits per heavy atom. The topological polar surface area (TPSA) is 90.1 Å². The molecule has 0 spiro atoms. The third-order valence-corrected chi connectivity index (χ3v) is 2.92. The van der Waals surface area contributed by atoms with E-state index in [0.717, 1.165) is 0 Å². The number of hydrogen-bond acceptors (Lipinski definition) is 5. The Morgan fingerprint density at radius 3 is 3.00 bits per heavy atom. The van der Waals surface area contributed by atoms with Crippen molar-refractivity contribution < 1.29 is 9.53 Å². The number of carbonyl (C=O) groups excluding carboxylic acids is 1. The van der Waals surface area contributed by atoms with Gasteiger partial charge in [0.05, 0.1) is 17.7 Å². The van der Waals surface area contributed by atoms with Crippen molar-refractivity contribution >= 4 is 16.9 Å². The zero-order valence-electron chi connectivity index (χ0n) is 11.4. The van der Waals surface area contributed by atoms with E-state index in [9.17, 15) is 4.79 Å². The quantitative estimate of drug-likeness (QED) is 0.810. The number of fused-ring (bicyclic) bond motifs is 1. The Kier molecular flexibility index (Phi) is 4.97. The third kappa shape index (κ3) is 3.49. The lowest BCUT2D eigenvalue weighted by Gasteiger charge is -2.11. The van der Waals surface area contributed by atoms with Crippen LogP contribution in [0.5, 0.6) is 0 Å². The predicted octanol–water partition coefficient (Wildman–Crippen LogP) is 0.723. The molecule has 3 N–H and O–H groups in total. The van der Waals surface area contributed by atoms with Gasteiger partial charge in [-0.2, -0.15) is 0 Å². The monoisotopic (exact) mass is 274 g/mol. The van der Waals surface area contributed by atoms with Crippen LogP contribution in [0.15, 0.2) is 30.6 Å². The van der Waals surface area contributed by atoms with Gasteiger partial charge in [-0.25, -0.2) is 0 Å². The van der Waals surface area contributed by atoms with E-state index < -0.39 is 0 Å². The van der Waals surface area contributed by atoms with E-state index in [1.165, 1.54) is 0 Å². The minimum atomic E-state index is -0.166. The van der Waals surface area contributed by atoms with E-state index in [4.69, 9.17) is 10.5 Å². The van der Waals surface area contributed by atoms with E-state index in [1.807, 2.05) is 6.07 Å². The number of ether oxygens (including phenoxy) is 1. The molecule has 20 heavy (non-hydrogen) atoms. The fourth-order valence-electron chi connectivity index (χ4n) is 1.94. The van der Waals surface area contributed by atoms with Crippen LogP contribution in [0.3, 0.4) is 0 Å². The second-order valence-corrected chi connectivity index (χ2v) is 4.49. The van der Waals surface area contributed by atoms with Gasteiger partial charge in [0.25, 0.3) is 5.91 Å². The first kappa shape index (κ1) is 14.4. The van der Waals surface area contributed by atoms with Crippen molar-refractivity contribution in [1.82, 2.24) is 15.3 Å². The summed E-state index contributed by atoms with van der Waals surface area (Å²) in [5.74, 6) is -0.166. The Morgan fingerprint density at radius 1 is 1.40 bits per heavy atom. The van der Waals surface area contributed by atoms with Crippen molar-refractivity contribution in [2.24, 2.45) is 5.73 Å². The van der Waals surface area contributed by atoms with E-state index in [0.29, 0.717) is 36.2 Å². The number of nitrogens with two attached hydrogens (primary N) is 1. The number of rotatable bonds is 6. The number of amides is 1. The maximum absolute atomic E-state index is 12.1. The van der Waals surface area contributed by atoms with Crippen LogP contribution in [-0.4, -0.2) is 42.2 Å².